The molecule has 0 rings (SSSR count). The molecule has 100 valence electrons. The molecule has 0 aromatic rings. The van der Waals surface area contributed by atoms with Crippen LogP contribution in [-0.2, 0) is 9.59 Å². The molecule has 0 saturated heterocycles. The van der Waals surface area contributed by atoms with Crippen molar-refractivity contribution in [3.8, 4) is 0 Å². The minimum Gasteiger partial charge on any atom is -0.481 e. The van der Waals surface area contributed by atoms with Gasteiger partial charge in [0.15, 0.2) is 0 Å². The molecule has 0 unspecified atom stereocenters. The summed E-state index contributed by atoms with van der Waals surface area (Å²) in [5.74, 6) is -1.10. The predicted octanol–water partition coefficient (Wildman–Crippen LogP) is 1.09. The summed E-state index contributed by atoms with van der Waals surface area (Å²) in [6.45, 7) is 8.08. The Kier molecular flexibility index (Phi) is 9.43. The largest absolute Gasteiger partial charge is 0.481 e. The second kappa shape index (κ2) is 10.1. The first-order valence-corrected chi connectivity index (χ1v) is 6.31. The fourth-order valence-electron chi connectivity index (χ4n) is 1.54. The maximum Gasteiger partial charge on any atom is 0.303 e. The molecule has 0 aliphatic carbocycles. The summed E-state index contributed by atoms with van der Waals surface area (Å²) < 4.78 is 0. The molecule has 0 fully saturated rings. The van der Waals surface area contributed by atoms with Gasteiger partial charge in [-0.15, -0.1) is 0 Å². The van der Waals surface area contributed by atoms with Gasteiger partial charge in [0, 0.05) is 13.0 Å². The summed E-state index contributed by atoms with van der Waals surface area (Å²) in [5.41, 5.74) is 0. The van der Waals surface area contributed by atoms with Crippen LogP contribution < -0.4 is 5.32 Å². The van der Waals surface area contributed by atoms with E-state index in [-0.39, 0.29) is 18.7 Å². The monoisotopic (exact) mass is 244 g/mol. The molecule has 0 aromatic heterocycles. The van der Waals surface area contributed by atoms with Crippen LogP contribution in [0.25, 0.3) is 0 Å². The van der Waals surface area contributed by atoms with E-state index in [0.717, 1.165) is 32.5 Å². The zero-order valence-electron chi connectivity index (χ0n) is 10.9. The van der Waals surface area contributed by atoms with Crippen molar-refractivity contribution in [1.29, 1.82) is 0 Å². The number of carbonyl (C=O) groups excluding carboxylic acids is 1. The van der Waals surface area contributed by atoms with E-state index < -0.39 is 5.97 Å². The maximum absolute atomic E-state index is 11.2. The molecule has 2 N–H and O–H groups in total. The van der Waals surface area contributed by atoms with E-state index in [9.17, 15) is 9.59 Å². The summed E-state index contributed by atoms with van der Waals surface area (Å²) in [4.78, 5) is 23.7. The maximum atomic E-state index is 11.2. The van der Waals surface area contributed by atoms with Crippen LogP contribution in [0.2, 0.25) is 0 Å². The molecule has 0 bridgehead atoms. The van der Waals surface area contributed by atoms with E-state index in [2.05, 4.69) is 24.1 Å². The van der Waals surface area contributed by atoms with Gasteiger partial charge in [-0.1, -0.05) is 13.8 Å². The molecule has 0 radical (unpaired) electrons. The van der Waals surface area contributed by atoms with Gasteiger partial charge >= 0.3 is 5.97 Å². The fraction of sp³-hybridized carbons (Fsp3) is 0.833. The Morgan fingerprint density at radius 1 is 1.12 bits per heavy atom. The third-order valence-corrected chi connectivity index (χ3v) is 2.68. The molecule has 0 atom stereocenters. The van der Waals surface area contributed by atoms with Gasteiger partial charge in [-0.3, -0.25) is 9.59 Å². The number of amides is 1. The lowest BCUT2D eigenvalue weighted by molar-refractivity contribution is -0.138. The Balaban J connectivity index is 3.38. The van der Waals surface area contributed by atoms with Crippen molar-refractivity contribution >= 4 is 11.9 Å². The summed E-state index contributed by atoms with van der Waals surface area (Å²) >= 11 is 0. The Bertz CT molecular complexity index is 228. The van der Waals surface area contributed by atoms with Crippen molar-refractivity contribution in [2.45, 2.75) is 39.5 Å². The van der Waals surface area contributed by atoms with Gasteiger partial charge in [-0.25, -0.2) is 0 Å². The lowest BCUT2D eigenvalue weighted by atomic mass is 10.2. The van der Waals surface area contributed by atoms with Gasteiger partial charge in [0.05, 0.1) is 6.42 Å². The molecule has 5 nitrogen and oxygen atoms in total. The third-order valence-electron chi connectivity index (χ3n) is 2.68. The molecule has 0 aliphatic heterocycles. The van der Waals surface area contributed by atoms with Crippen molar-refractivity contribution < 1.29 is 14.7 Å². The molecule has 0 heterocycles. The fourth-order valence-corrected chi connectivity index (χ4v) is 1.54. The van der Waals surface area contributed by atoms with Gasteiger partial charge in [-0.2, -0.15) is 0 Å². The molecule has 1 amide bonds. The molecular weight excluding hydrogens is 220 g/mol. The molecule has 0 saturated carbocycles. The molecule has 5 heteroatoms. The Morgan fingerprint density at radius 3 is 2.29 bits per heavy atom. The van der Waals surface area contributed by atoms with Crippen molar-refractivity contribution in [1.82, 2.24) is 10.2 Å². The van der Waals surface area contributed by atoms with Crippen molar-refractivity contribution in [2.24, 2.45) is 0 Å². The average Bonchev–Trinajstić information content (AvgIpc) is 2.31. The first-order valence-electron chi connectivity index (χ1n) is 6.31. The SMILES string of the molecule is CCN(CC)CCCCNC(=O)CCC(=O)O. The van der Waals surface area contributed by atoms with E-state index in [0.29, 0.717) is 6.54 Å². The molecule has 0 aromatic carbocycles. The molecule has 0 aliphatic rings. The van der Waals surface area contributed by atoms with Crippen LogP contribution in [0.3, 0.4) is 0 Å². The Hall–Kier alpha value is -1.10. The number of hydrogen-bond acceptors (Lipinski definition) is 3. The number of aliphatic carboxylic acids is 1. The minimum atomic E-state index is -0.929. The van der Waals surface area contributed by atoms with Crippen LogP contribution in [0.15, 0.2) is 0 Å². The highest BCUT2D eigenvalue weighted by atomic mass is 16.4. The van der Waals surface area contributed by atoms with Gasteiger partial charge in [0.1, 0.15) is 0 Å². The smallest absolute Gasteiger partial charge is 0.303 e. The number of rotatable bonds is 10. The number of carbonyl (C=O) groups is 2. The van der Waals surface area contributed by atoms with Gasteiger partial charge in [0.25, 0.3) is 0 Å². The quantitative estimate of drug-likeness (QED) is 0.564. The molecule has 0 spiro atoms. The van der Waals surface area contributed by atoms with Crippen LogP contribution in [0, 0.1) is 0 Å². The zero-order valence-corrected chi connectivity index (χ0v) is 10.9. The standard InChI is InChI=1S/C12H24N2O3/c1-3-14(4-2)10-6-5-9-13-11(15)7-8-12(16)17/h3-10H2,1-2H3,(H,13,15)(H,16,17). The summed E-state index contributed by atoms with van der Waals surface area (Å²) in [6, 6.07) is 0. The topological polar surface area (TPSA) is 69.6 Å². The lowest BCUT2D eigenvalue weighted by Gasteiger charge is -2.17. The predicted molar refractivity (Wildman–Crippen MR) is 66.9 cm³/mol. The first kappa shape index (κ1) is 15.9. The second-order valence-electron chi connectivity index (χ2n) is 3.98. The van der Waals surface area contributed by atoms with E-state index in [1.807, 2.05) is 0 Å². The van der Waals surface area contributed by atoms with E-state index in [1.165, 1.54) is 0 Å². The zero-order chi connectivity index (χ0) is 13.1. The van der Waals surface area contributed by atoms with Crippen LogP contribution in [0.1, 0.15) is 39.5 Å². The highest BCUT2D eigenvalue weighted by Gasteiger charge is 2.04. The van der Waals surface area contributed by atoms with Gasteiger partial charge in [0.2, 0.25) is 5.91 Å². The summed E-state index contributed by atoms with van der Waals surface area (Å²) in [7, 11) is 0. The number of nitrogens with one attached hydrogen (secondary N) is 1. The van der Waals surface area contributed by atoms with Crippen LogP contribution in [-0.4, -0.2) is 48.1 Å². The number of carboxylic acids is 1. The summed E-state index contributed by atoms with van der Waals surface area (Å²) in [5, 5.41) is 11.1. The van der Waals surface area contributed by atoms with Crippen molar-refractivity contribution in [2.75, 3.05) is 26.2 Å². The molecule has 17 heavy (non-hydrogen) atoms. The minimum absolute atomic E-state index is 0.0748. The highest BCUT2D eigenvalue weighted by Crippen LogP contribution is 1.94. The van der Waals surface area contributed by atoms with Crippen molar-refractivity contribution in [3.05, 3.63) is 0 Å². The summed E-state index contributed by atoms with van der Waals surface area (Å²) in [6.07, 6.45) is 1.98. The van der Waals surface area contributed by atoms with E-state index >= 15 is 0 Å². The van der Waals surface area contributed by atoms with Crippen LogP contribution in [0.5, 0.6) is 0 Å². The number of carboxylic acid groups (broad SMARTS) is 1. The molecular formula is C12H24N2O3. The number of unbranched alkanes of at least 4 members (excludes halogenated alkanes) is 1. The second-order valence-corrected chi connectivity index (χ2v) is 3.98. The van der Waals surface area contributed by atoms with E-state index in [4.69, 9.17) is 5.11 Å². The van der Waals surface area contributed by atoms with Crippen LogP contribution in [0.4, 0.5) is 0 Å². The van der Waals surface area contributed by atoms with Gasteiger partial charge < -0.3 is 15.3 Å². The highest BCUT2D eigenvalue weighted by molar-refractivity contribution is 5.80. The van der Waals surface area contributed by atoms with E-state index in [1.54, 1.807) is 0 Å². The van der Waals surface area contributed by atoms with Crippen molar-refractivity contribution in [3.63, 3.8) is 0 Å². The van der Waals surface area contributed by atoms with Crippen LogP contribution >= 0.6 is 0 Å². The lowest BCUT2D eigenvalue weighted by Crippen LogP contribution is -2.27. The normalized spacial score (nSPS) is 10.5. The van der Waals surface area contributed by atoms with Gasteiger partial charge in [-0.05, 0) is 32.5 Å². The Morgan fingerprint density at radius 2 is 1.76 bits per heavy atom. The Labute approximate surface area is 103 Å². The third kappa shape index (κ3) is 9.81. The average molecular weight is 244 g/mol. The first-order chi connectivity index (χ1) is 8.10. The number of hydrogen-bond donors (Lipinski definition) is 2. The number of nitrogens with zero attached hydrogens (tertiary/aromatic N) is 1.